The number of anilines is 2. The first kappa shape index (κ1) is 14.8. The molecule has 0 aliphatic heterocycles. The van der Waals surface area contributed by atoms with Gasteiger partial charge in [-0.3, -0.25) is 0 Å². The summed E-state index contributed by atoms with van der Waals surface area (Å²) in [5.74, 6) is -0.698. The van der Waals surface area contributed by atoms with E-state index in [1.165, 1.54) is 19.2 Å². The largest absolute Gasteiger partial charge is 0.465 e. The minimum absolute atomic E-state index is 0.269. The Morgan fingerprint density at radius 2 is 2.05 bits per heavy atom. The van der Waals surface area contributed by atoms with Gasteiger partial charge in [0, 0.05) is 13.6 Å². The summed E-state index contributed by atoms with van der Waals surface area (Å²) < 4.78 is 17.8. The third-order valence-electron chi connectivity index (χ3n) is 3.17. The number of methoxy groups -OCH3 is 1. The van der Waals surface area contributed by atoms with Crippen LogP contribution in [0.5, 0.6) is 0 Å². The first-order valence-electron chi connectivity index (χ1n) is 6.44. The Morgan fingerprint density at radius 1 is 1.29 bits per heavy atom. The highest BCUT2D eigenvalue weighted by atomic mass is 19.1. The average molecular weight is 288 g/mol. The van der Waals surface area contributed by atoms with Crippen molar-refractivity contribution >= 4 is 17.3 Å². The Hall–Kier alpha value is -2.56. The zero-order valence-electron chi connectivity index (χ0n) is 12.0. The molecular formula is C16H17FN2O2. The molecule has 0 atom stereocenters. The summed E-state index contributed by atoms with van der Waals surface area (Å²) in [5, 5.41) is 0. The van der Waals surface area contributed by atoms with Gasteiger partial charge in [-0.2, -0.15) is 0 Å². The maximum Gasteiger partial charge on any atom is 0.337 e. The molecule has 2 rings (SSSR count). The van der Waals surface area contributed by atoms with Crippen molar-refractivity contribution in [2.45, 2.75) is 6.54 Å². The van der Waals surface area contributed by atoms with Gasteiger partial charge in [0.05, 0.1) is 24.0 Å². The summed E-state index contributed by atoms with van der Waals surface area (Å²) in [6.45, 7) is 0.513. The first-order chi connectivity index (χ1) is 10.0. The number of ether oxygens (including phenoxy) is 1. The van der Waals surface area contributed by atoms with Crippen LogP contribution in [-0.4, -0.2) is 20.1 Å². The maximum absolute atomic E-state index is 13.2. The number of nitrogens with zero attached hydrogens (tertiary/aromatic N) is 1. The van der Waals surface area contributed by atoms with E-state index in [1.54, 1.807) is 24.3 Å². The van der Waals surface area contributed by atoms with Gasteiger partial charge in [-0.15, -0.1) is 0 Å². The van der Waals surface area contributed by atoms with Gasteiger partial charge in [0.25, 0.3) is 0 Å². The zero-order valence-corrected chi connectivity index (χ0v) is 12.0. The molecule has 0 amide bonds. The molecule has 0 saturated heterocycles. The van der Waals surface area contributed by atoms with Crippen LogP contribution in [0.2, 0.25) is 0 Å². The lowest BCUT2D eigenvalue weighted by Crippen LogP contribution is -2.18. The number of hydrogen-bond donors (Lipinski definition) is 1. The van der Waals surface area contributed by atoms with Crippen molar-refractivity contribution in [3.8, 4) is 0 Å². The van der Waals surface area contributed by atoms with Gasteiger partial charge in [0.15, 0.2) is 0 Å². The minimum Gasteiger partial charge on any atom is -0.465 e. The smallest absolute Gasteiger partial charge is 0.337 e. The molecule has 0 fully saturated rings. The number of rotatable bonds is 4. The molecule has 4 nitrogen and oxygen atoms in total. The zero-order chi connectivity index (χ0) is 15.4. The standard InChI is InChI=1S/C16H17FN2O2/c1-19(10-11-4-3-5-13(17)8-11)15-7-6-12(9-14(15)18)16(20)21-2/h3-9H,10,18H2,1-2H3. The van der Waals surface area contributed by atoms with E-state index in [2.05, 4.69) is 4.74 Å². The lowest BCUT2D eigenvalue weighted by atomic mass is 10.1. The summed E-state index contributed by atoms with van der Waals surface area (Å²) in [4.78, 5) is 13.3. The van der Waals surface area contributed by atoms with Crippen LogP contribution in [-0.2, 0) is 11.3 Å². The second kappa shape index (κ2) is 6.26. The summed E-state index contributed by atoms with van der Waals surface area (Å²) in [5.41, 5.74) is 8.46. The van der Waals surface area contributed by atoms with Gasteiger partial charge in [0.2, 0.25) is 0 Å². The number of hydrogen-bond acceptors (Lipinski definition) is 4. The average Bonchev–Trinajstić information content (AvgIpc) is 2.46. The molecule has 0 radical (unpaired) electrons. The van der Waals surface area contributed by atoms with Crippen molar-refractivity contribution in [1.82, 2.24) is 0 Å². The van der Waals surface area contributed by atoms with Gasteiger partial charge in [-0.1, -0.05) is 12.1 Å². The highest BCUT2D eigenvalue weighted by molar-refractivity contribution is 5.91. The third kappa shape index (κ3) is 3.51. The quantitative estimate of drug-likeness (QED) is 0.694. The SMILES string of the molecule is COC(=O)c1ccc(N(C)Cc2cccc(F)c2)c(N)c1. The molecule has 0 bridgehead atoms. The topological polar surface area (TPSA) is 55.6 Å². The number of nitrogens with two attached hydrogens (primary N) is 1. The Bertz CT molecular complexity index is 658. The number of nitrogen functional groups attached to an aromatic ring is 1. The lowest BCUT2D eigenvalue weighted by Gasteiger charge is -2.21. The molecule has 2 aromatic carbocycles. The normalized spacial score (nSPS) is 10.2. The van der Waals surface area contributed by atoms with Crippen molar-refractivity contribution < 1.29 is 13.9 Å². The van der Waals surface area contributed by atoms with E-state index in [9.17, 15) is 9.18 Å². The molecule has 2 aromatic rings. The number of benzene rings is 2. The van der Waals surface area contributed by atoms with E-state index < -0.39 is 5.97 Å². The van der Waals surface area contributed by atoms with Gasteiger partial charge >= 0.3 is 5.97 Å². The Balaban J connectivity index is 2.19. The molecule has 0 saturated carbocycles. The molecule has 0 aliphatic rings. The van der Waals surface area contributed by atoms with Crippen LogP contribution < -0.4 is 10.6 Å². The monoisotopic (exact) mass is 288 g/mol. The highest BCUT2D eigenvalue weighted by Crippen LogP contribution is 2.25. The van der Waals surface area contributed by atoms with E-state index in [0.717, 1.165) is 11.3 Å². The molecule has 5 heteroatoms. The molecule has 2 N–H and O–H groups in total. The van der Waals surface area contributed by atoms with Gasteiger partial charge in [0.1, 0.15) is 5.82 Å². The summed E-state index contributed by atoms with van der Waals surface area (Å²) >= 11 is 0. The van der Waals surface area contributed by atoms with Crippen LogP contribution in [0, 0.1) is 5.82 Å². The van der Waals surface area contributed by atoms with Crippen molar-refractivity contribution in [2.24, 2.45) is 0 Å². The molecule has 21 heavy (non-hydrogen) atoms. The fourth-order valence-corrected chi connectivity index (χ4v) is 2.14. The predicted octanol–water partition coefficient (Wildman–Crippen LogP) is 2.83. The van der Waals surface area contributed by atoms with Gasteiger partial charge in [-0.25, -0.2) is 9.18 Å². The molecule has 0 aliphatic carbocycles. The fraction of sp³-hybridized carbons (Fsp3) is 0.188. The van der Waals surface area contributed by atoms with Gasteiger partial charge in [-0.05, 0) is 35.9 Å². The van der Waals surface area contributed by atoms with E-state index in [0.29, 0.717) is 17.8 Å². The molecule has 0 spiro atoms. The Kier molecular flexibility index (Phi) is 4.42. The first-order valence-corrected chi connectivity index (χ1v) is 6.44. The van der Waals surface area contributed by atoms with Crippen LogP contribution in [0.15, 0.2) is 42.5 Å². The Labute approximate surface area is 122 Å². The molecule has 0 aromatic heterocycles. The third-order valence-corrected chi connectivity index (χ3v) is 3.17. The summed E-state index contributed by atoms with van der Waals surface area (Å²) in [7, 11) is 3.18. The van der Waals surface area contributed by atoms with Crippen molar-refractivity contribution in [3.63, 3.8) is 0 Å². The lowest BCUT2D eigenvalue weighted by molar-refractivity contribution is 0.0601. The number of esters is 1. The minimum atomic E-state index is -0.430. The molecular weight excluding hydrogens is 271 g/mol. The van der Waals surface area contributed by atoms with Crippen LogP contribution in [0.1, 0.15) is 15.9 Å². The van der Waals surface area contributed by atoms with E-state index >= 15 is 0 Å². The van der Waals surface area contributed by atoms with Crippen LogP contribution in [0.3, 0.4) is 0 Å². The maximum atomic E-state index is 13.2. The fourth-order valence-electron chi connectivity index (χ4n) is 2.14. The predicted molar refractivity (Wildman–Crippen MR) is 80.7 cm³/mol. The second-order valence-corrected chi connectivity index (χ2v) is 4.75. The van der Waals surface area contributed by atoms with E-state index in [-0.39, 0.29) is 5.82 Å². The highest BCUT2D eigenvalue weighted by Gasteiger charge is 2.11. The second-order valence-electron chi connectivity index (χ2n) is 4.75. The van der Waals surface area contributed by atoms with Crippen molar-refractivity contribution in [2.75, 3.05) is 24.8 Å². The molecule has 0 unspecified atom stereocenters. The number of halogens is 1. The Morgan fingerprint density at radius 3 is 2.67 bits per heavy atom. The van der Waals surface area contributed by atoms with E-state index in [4.69, 9.17) is 5.73 Å². The van der Waals surface area contributed by atoms with Crippen LogP contribution >= 0.6 is 0 Å². The molecule has 110 valence electrons. The summed E-state index contributed by atoms with van der Waals surface area (Å²) in [6, 6.07) is 11.4. The van der Waals surface area contributed by atoms with Crippen LogP contribution in [0.4, 0.5) is 15.8 Å². The van der Waals surface area contributed by atoms with E-state index in [1.807, 2.05) is 18.0 Å². The van der Waals surface area contributed by atoms with Crippen molar-refractivity contribution in [3.05, 3.63) is 59.4 Å². The van der Waals surface area contributed by atoms with Crippen molar-refractivity contribution in [1.29, 1.82) is 0 Å². The number of carbonyl (C=O) groups excluding carboxylic acids is 1. The number of carbonyl (C=O) groups is 1. The summed E-state index contributed by atoms with van der Waals surface area (Å²) in [6.07, 6.45) is 0. The van der Waals surface area contributed by atoms with Crippen LogP contribution in [0.25, 0.3) is 0 Å². The molecule has 0 heterocycles. The van der Waals surface area contributed by atoms with Gasteiger partial charge < -0.3 is 15.4 Å².